The van der Waals surface area contributed by atoms with E-state index in [-0.39, 0.29) is 23.3 Å². The smallest absolute Gasteiger partial charge is 0.263 e. The zero-order valence-corrected chi connectivity index (χ0v) is 18.6. The summed E-state index contributed by atoms with van der Waals surface area (Å²) >= 11 is 2.91. The summed E-state index contributed by atoms with van der Waals surface area (Å²) in [6.07, 6.45) is 4.26. The minimum Gasteiger partial charge on any atom is -0.325 e. The van der Waals surface area contributed by atoms with Gasteiger partial charge in [-0.2, -0.15) is 0 Å². The number of hydrogen-bond acceptors (Lipinski definition) is 5. The summed E-state index contributed by atoms with van der Waals surface area (Å²) in [5, 5.41) is 4.34. The average molecular weight is 428 g/mol. The number of aryl methyl sites for hydroxylation is 3. The van der Waals surface area contributed by atoms with Crippen molar-refractivity contribution in [2.24, 2.45) is 0 Å². The number of thioether (sulfide) groups is 1. The topological polar surface area (TPSA) is 64.0 Å². The van der Waals surface area contributed by atoms with Crippen molar-refractivity contribution in [1.82, 2.24) is 9.55 Å². The molecule has 1 fully saturated rings. The highest BCUT2D eigenvalue weighted by molar-refractivity contribution is 7.99. The summed E-state index contributed by atoms with van der Waals surface area (Å²) in [6, 6.07) is 7.92. The first-order chi connectivity index (χ1) is 13.9. The number of nitrogens with one attached hydrogen (secondary N) is 1. The predicted molar refractivity (Wildman–Crippen MR) is 121 cm³/mol. The van der Waals surface area contributed by atoms with Crippen molar-refractivity contribution in [2.75, 3.05) is 11.1 Å². The summed E-state index contributed by atoms with van der Waals surface area (Å²) in [6.45, 7) is 6.02. The monoisotopic (exact) mass is 427 g/mol. The van der Waals surface area contributed by atoms with E-state index >= 15 is 0 Å². The van der Waals surface area contributed by atoms with Gasteiger partial charge in [0.25, 0.3) is 5.56 Å². The van der Waals surface area contributed by atoms with E-state index in [4.69, 9.17) is 4.98 Å². The molecule has 0 unspecified atom stereocenters. The molecule has 0 atom stereocenters. The van der Waals surface area contributed by atoms with Crippen LogP contribution >= 0.6 is 23.1 Å². The SMILES string of the molecule is Cc1cccc(NC(=O)CSc2nc3sc(C)c(C)c3c(=O)n2C2CCCC2)c1. The van der Waals surface area contributed by atoms with Crippen molar-refractivity contribution in [3.63, 3.8) is 0 Å². The Hall–Kier alpha value is -2.12. The molecule has 1 N–H and O–H groups in total. The fourth-order valence-electron chi connectivity index (χ4n) is 3.92. The zero-order valence-electron chi connectivity index (χ0n) is 16.9. The van der Waals surface area contributed by atoms with Crippen LogP contribution in [0.25, 0.3) is 10.2 Å². The standard InChI is InChI=1S/C22H25N3O2S2/c1-13-7-6-8-16(11-13)23-18(26)12-28-22-24-20-19(14(2)15(3)29-20)21(27)25(22)17-9-4-5-10-17/h6-8,11,17H,4-5,9-10,12H2,1-3H3,(H,23,26). The largest absolute Gasteiger partial charge is 0.325 e. The molecule has 1 aliphatic carbocycles. The number of hydrogen-bond donors (Lipinski definition) is 1. The Bertz CT molecular complexity index is 1130. The highest BCUT2D eigenvalue weighted by Crippen LogP contribution is 2.34. The first-order valence-corrected chi connectivity index (χ1v) is 11.8. The summed E-state index contributed by atoms with van der Waals surface area (Å²) in [5.41, 5.74) is 2.96. The molecule has 7 heteroatoms. The number of fused-ring (bicyclic) bond motifs is 1. The Morgan fingerprint density at radius 2 is 2.03 bits per heavy atom. The quantitative estimate of drug-likeness (QED) is 0.447. The number of rotatable bonds is 5. The maximum Gasteiger partial charge on any atom is 0.263 e. The van der Waals surface area contributed by atoms with Crippen LogP contribution in [0.5, 0.6) is 0 Å². The van der Waals surface area contributed by atoms with Crippen molar-refractivity contribution in [2.45, 2.75) is 57.7 Å². The zero-order chi connectivity index (χ0) is 20.5. The summed E-state index contributed by atoms with van der Waals surface area (Å²) in [4.78, 5) is 32.6. The van der Waals surface area contributed by atoms with E-state index in [0.29, 0.717) is 5.16 Å². The van der Waals surface area contributed by atoms with Crippen molar-refractivity contribution < 1.29 is 4.79 Å². The minimum atomic E-state index is -0.0912. The Labute approximate surface area is 178 Å². The van der Waals surface area contributed by atoms with Crippen molar-refractivity contribution in [1.29, 1.82) is 0 Å². The van der Waals surface area contributed by atoms with E-state index in [1.54, 1.807) is 11.3 Å². The van der Waals surface area contributed by atoms with Crippen LogP contribution in [-0.2, 0) is 4.79 Å². The highest BCUT2D eigenvalue weighted by Gasteiger charge is 2.25. The summed E-state index contributed by atoms with van der Waals surface area (Å²) in [7, 11) is 0. The number of benzene rings is 1. The summed E-state index contributed by atoms with van der Waals surface area (Å²) < 4.78 is 1.86. The molecule has 2 aromatic heterocycles. The van der Waals surface area contributed by atoms with Crippen LogP contribution in [0.3, 0.4) is 0 Å². The second-order valence-electron chi connectivity index (χ2n) is 7.68. The average Bonchev–Trinajstić information content (AvgIpc) is 3.29. The van der Waals surface area contributed by atoms with Gasteiger partial charge in [-0.3, -0.25) is 14.2 Å². The van der Waals surface area contributed by atoms with Crippen LogP contribution in [0.4, 0.5) is 5.69 Å². The Balaban J connectivity index is 1.62. The maximum atomic E-state index is 13.4. The van der Waals surface area contributed by atoms with Gasteiger partial charge in [0.05, 0.1) is 11.1 Å². The molecule has 5 nitrogen and oxygen atoms in total. The normalized spacial score (nSPS) is 14.6. The molecule has 0 saturated heterocycles. The third-order valence-corrected chi connectivity index (χ3v) is 7.58. The molecule has 1 aromatic carbocycles. The van der Waals surface area contributed by atoms with Gasteiger partial charge in [-0.05, 0) is 56.9 Å². The molecule has 2 heterocycles. The van der Waals surface area contributed by atoms with Crippen LogP contribution in [0.1, 0.15) is 47.7 Å². The molecule has 0 spiro atoms. The number of carbonyl (C=O) groups excluding carboxylic acids is 1. The number of amides is 1. The van der Waals surface area contributed by atoms with Gasteiger partial charge >= 0.3 is 0 Å². The lowest BCUT2D eigenvalue weighted by Crippen LogP contribution is -2.27. The number of nitrogens with zero attached hydrogens (tertiary/aromatic N) is 2. The van der Waals surface area contributed by atoms with Crippen LogP contribution < -0.4 is 10.9 Å². The number of thiophene rings is 1. The van der Waals surface area contributed by atoms with E-state index < -0.39 is 0 Å². The second kappa shape index (κ2) is 8.32. The van der Waals surface area contributed by atoms with Crippen molar-refractivity contribution in [3.05, 3.63) is 50.6 Å². The first-order valence-electron chi connectivity index (χ1n) is 9.95. The van der Waals surface area contributed by atoms with E-state index in [0.717, 1.165) is 57.6 Å². The molecular formula is C22H25N3O2S2. The van der Waals surface area contributed by atoms with E-state index in [1.807, 2.05) is 49.6 Å². The highest BCUT2D eigenvalue weighted by atomic mass is 32.2. The Morgan fingerprint density at radius 1 is 1.28 bits per heavy atom. The Morgan fingerprint density at radius 3 is 2.76 bits per heavy atom. The van der Waals surface area contributed by atoms with Crippen LogP contribution in [-0.4, -0.2) is 21.2 Å². The molecule has 1 amide bonds. The van der Waals surface area contributed by atoms with E-state index in [1.165, 1.54) is 11.8 Å². The number of carbonyl (C=O) groups is 1. The lowest BCUT2D eigenvalue weighted by atomic mass is 10.2. The van der Waals surface area contributed by atoms with E-state index in [2.05, 4.69) is 5.32 Å². The fourth-order valence-corrected chi connectivity index (χ4v) is 5.86. The van der Waals surface area contributed by atoms with Crippen molar-refractivity contribution >= 4 is 44.9 Å². The molecule has 3 aromatic rings. The van der Waals surface area contributed by atoms with Gasteiger partial charge in [-0.1, -0.05) is 36.7 Å². The van der Waals surface area contributed by atoms with Gasteiger partial charge in [0.2, 0.25) is 5.91 Å². The fraction of sp³-hybridized carbons (Fsp3) is 0.409. The van der Waals surface area contributed by atoms with Gasteiger partial charge in [0.15, 0.2) is 5.16 Å². The second-order valence-corrected chi connectivity index (χ2v) is 9.82. The first kappa shape index (κ1) is 20.2. The molecule has 1 aliphatic rings. The Kier molecular flexibility index (Phi) is 5.79. The molecule has 0 bridgehead atoms. The molecular weight excluding hydrogens is 402 g/mol. The van der Waals surface area contributed by atoms with Crippen LogP contribution in [0.15, 0.2) is 34.2 Å². The third-order valence-electron chi connectivity index (χ3n) is 5.53. The van der Waals surface area contributed by atoms with E-state index in [9.17, 15) is 9.59 Å². The molecule has 152 valence electrons. The molecule has 0 radical (unpaired) electrons. The summed E-state index contributed by atoms with van der Waals surface area (Å²) in [5.74, 6) is 0.133. The molecule has 4 rings (SSSR count). The van der Waals surface area contributed by atoms with Gasteiger partial charge < -0.3 is 5.32 Å². The van der Waals surface area contributed by atoms with Crippen LogP contribution in [0, 0.1) is 20.8 Å². The van der Waals surface area contributed by atoms with Crippen LogP contribution in [0.2, 0.25) is 0 Å². The maximum absolute atomic E-state index is 13.4. The third kappa shape index (κ3) is 4.12. The molecule has 29 heavy (non-hydrogen) atoms. The van der Waals surface area contributed by atoms with Gasteiger partial charge in [-0.25, -0.2) is 4.98 Å². The molecule has 0 aliphatic heterocycles. The van der Waals surface area contributed by atoms with Gasteiger partial charge in [-0.15, -0.1) is 11.3 Å². The molecule has 1 saturated carbocycles. The number of anilines is 1. The number of aromatic nitrogens is 2. The predicted octanol–water partition coefficient (Wildman–Crippen LogP) is 5.23. The van der Waals surface area contributed by atoms with Crippen molar-refractivity contribution in [3.8, 4) is 0 Å². The minimum absolute atomic E-state index is 0.0466. The lowest BCUT2D eigenvalue weighted by molar-refractivity contribution is -0.113. The van der Waals surface area contributed by atoms with Gasteiger partial charge in [0, 0.05) is 16.6 Å². The lowest BCUT2D eigenvalue weighted by Gasteiger charge is -2.18. The van der Waals surface area contributed by atoms with Gasteiger partial charge in [0.1, 0.15) is 4.83 Å².